The second-order valence-corrected chi connectivity index (χ2v) is 14.8. The molecular formula is C19H25BrN6O2Si. The molecule has 0 N–H and O–H groups in total. The SMILES string of the molecule is [2H]C([2H])([2H])Oc1ncnc(C2CC2)c1-c1ncc2nn(COCC[Si](C)(C)C)c(Br)c2n1. The van der Waals surface area contributed by atoms with Crippen LogP contribution in [0.2, 0.25) is 25.7 Å². The maximum atomic E-state index is 7.49. The average molecular weight is 480 g/mol. The zero-order valence-corrected chi connectivity index (χ0v) is 19.2. The Hall–Kier alpha value is -1.91. The number of fused-ring (bicyclic) bond motifs is 1. The van der Waals surface area contributed by atoms with Gasteiger partial charge >= 0.3 is 0 Å². The topological polar surface area (TPSA) is 87.8 Å². The van der Waals surface area contributed by atoms with Crippen LogP contribution in [0, 0.1) is 0 Å². The first kappa shape index (κ1) is 16.8. The molecule has 3 heterocycles. The summed E-state index contributed by atoms with van der Waals surface area (Å²) in [5.41, 5.74) is 2.31. The molecule has 10 heteroatoms. The minimum atomic E-state index is -2.65. The Balaban J connectivity index is 1.66. The summed E-state index contributed by atoms with van der Waals surface area (Å²) in [7, 11) is -3.82. The van der Waals surface area contributed by atoms with E-state index in [4.69, 9.17) is 13.6 Å². The van der Waals surface area contributed by atoms with Crippen molar-refractivity contribution in [1.29, 1.82) is 0 Å². The normalized spacial score (nSPS) is 16.5. The van der Waals surface area contributed by atoms with E-state index in [-0.39, 0.29) is 11.8 Å². The summed E-state index contributed by atoms with van der Waals surface area (Å²) in [6.45, 7) is 7.89. The van der Waals surface area contributed by atoms with Gasteiger partial charge in [-0.05, 0) is 34.8 Å². The van der Waals surface area contributed by atoms with E-state index >= 15 is 0 Å². The highest BCUT2D eigenvalue weighted by Gasteiger charge is 2.31. The second-order valence-electron chi connectivity index (χ2n) is 8.38. The number of hydrogen-bond acceptors (Lipinski definition) is 7. The first-order chi connectivity index (χ1) is 15.0. The highest BCUT2D eigenvalue weighted by molar-refractivity contribution is 9.10. The molecule has 8 nitrogen and oxygen atoms in total. The lowest BCUT2D eigenvalue weighted by molar-refractivity contribution is 0.0775. The molecule has 0 aromatic carbocycles. The molecule has 154 valence electrons. The quantitative estimate of drug-likeness (QED) is 0.352. The number of methoxy groups -OCH3 is 1. The van der Waals surface area contributed by atoms with Crippen molar-refractivity contribution in [2.24, 2.45) is 0 Å². The number of hydrogen-bond donors (Lipinski definition) is 0. The van der Waals surface area contributed by atoms with E-state index in [0.717, 1.165) is 18.9 Å². The van der Waals surface area contributed by atoms with Gasteiger partial charge in [0.25, 0.3) is 0 Å². The third kappa shape index (κ3) is 4.49. The van der Waals surface area contributed by atoms with Crippen molar-refractivity contribution >= 4 is 35.0 Å². The number of aromatic nitrogens is 6. The number of ether oxygens (including phenoxy) is 2. The molecule has 0 radical (unpaired) electrons. The fraction of sp³-hybridized carbons (Fsp3) is 0.526. The Morgan fingerprint density at radius 3 is 2.83 bits per heavy atom. The van der Waals surface area contributed by atoms with Crippen LogP contribution in [-0.4, -0.2) is 51.4 Å². The van der Waals surface area contributed by atoms with E-state index in [1.165, 1.54) is 6.33 Å². The molecule has 1 aliphatic carbocycles. The molecule has 0 atom stereocenters. The van der Waals surface area contributed by atoms with Crippen molar-refractivity contribution in [2.75, 3.05) is 13.6 Å². The van der Waals surface area contributed by atoms with Crippen molar-refractivity contribution in [3.63, 3.8) is 0 Å². The zero-order valence-electron chi connectivity index (χ0n) is 19.6. The molecule has 1 fully saturated rings. The molecule has 0 bridgehead atoms. The van der Waals surface area contributed by atoms with Gasteiger partial charge in [0, 0.05) is 20.6 Å². The highest BCUT2D eigenvalue weighted by Crippen LogP contribution is 2.45. The maximum absolute atomic E-state index is 7.49. The van der Waals surface area contributed by atoms with Crippen molar-refractivity contribution < 1.29 is 13.6 Å². The summed E-state index contributed by atoms with van der Waals surface area (Å²) in [5, 5.41) is 4.51. The van der Waals surface area contributed by atoms with Crippen molar-refractivity contribution in [1.82, 2.24) is 29.7 Å². The predicted octanol–water partition coefficient (Wildman–Crippen LogP) is 4.24. The molecule has 1 saturated carbocycles. The fourth-order valence-electron chi connectivity index (χ4n) is 2.97. The second kappa shape index (κ2) is 8.08. The third-order valence-corrected chi connectivity index (χ3v) is 7.25. The molecule has 4 rings (SSSR count). The van der Waals surface area contributed by atoms with Gasteiger partial charge in [0.1, 0.15) is 34.3 Å². The van der Waals surface area contributed by atoms with Crippen LogP contribution in [0.1, 0.15) is 28.6 Å². The van der Waals surface area contributed by atoms with Gasteiger partial charge in [-0.3, -0.25) is 0 Å². The van der Waals surface area contributed by atoms with Crippen LogP contribution in [0.25, 0.3) is 22.4 Å². The summed E-state index contributed by atoms with van der Waals surface area (Å²) in [4.78, 5) is 17.5. The van der Waals surface area contributed by atoms with Crippen molar-refractivity contribution in [3.05, 3.63) is 22.8 Å². The first-order valence-electron chi connectivity index (χ1n) is 11.0. The monoisotopic (exact) mass is 479 g/mol. The van der Waals surface area contributed by atoms with Crippen LogP contribution in [-0.2, 0) is 11.5 Å². The van der Waals surface area contributed by atoms with Crippen LogP contribution in [0.4, 0.5) is 0 Å². The third-order valence-electron chi connectivity index (χ3n) is 4.76. The van der Waals surface area contributed by atoms with E-state index in [1.807, 2.05) is 0 Å². The van der Waals surface area contributed by atoms with E-state index in [0.29, 0.717) is 46.1 Å². The number of halogens is 1. The van der Waals surface area contributed by atoms with Gasteiger partial charge in [0.2, 0.25) is 5.88 Å². The summed E-state index contributed by atoms with van der Waals surface area (Å²) in [6.07, 6.45) is 4.86. The van der Waals surface area contributed by atoms with Gasteiger partial charge in [-0.25, -0.2) is 24.6 Å². The molecule has 0 amide bonds. The van der Waals surface area contributed by atoms with Crippen LogP contribution >= 0.6 is 15.9 Å². The molecule has 1 aliphatic rings. The fourth-order valence-corrected chi connectivity index (χ4v) is 4.20. The van der Waals surface area contributed by atoms with Gasteiger partial charge < -0.3 is 9.47 Å². The van der Waals surface area contributed by atoms with Gasteiger partial charge in [-0.2, -0.15) is 5.10 Å². The standard InChI is InChI=1S/C19H25BrN6O2Si/c1-27-19-14(15(12-5-6-12)22-10-23-19)18-21-9-13-16(24-18)17(20)26(25-13)11-28-7-8-29(2,3)4/h9-10,12H,5-8,11H2,1-4H3/i1D3. The van der Waals surface area contributed by atoms with E-state index < -0.39 is 15.1 Å². The smallest absolute Gasteiger partial charge is 0.227 e. The van der Waals surface area contributed by atoms with Gasteiger partial charge in [-0.1, -0.05) is 19.6 Å². The summed E-state index contributed by atoms with van der Waals surface area (Å²) >= 11 is 3.56. The lowest BCUT2D eigenvalue weighted by Crippen LogP contribution is -2.22. The van der Waals surface area contributed by atoms with Crippen LogP contribution in [0.3, 0.4) is 0 Å². The summed E-state index contributed by atoms with van der Waals surface area (Å²) in [6, 6.07) is 1.07. The Kier molecular flexibility index (Phi) is 4.69. The molecule has 0 aliphatic heterocycles. The Morgan fingerprint density at radius 1 is 1.28 bits per heavy atom. The Bertz CT molecular complexity index is 1130. The van der Waals surface area contributed by atoms with Gasteiger partial charge in [-0.15, -0.1) is 0 Å². The molecule has 0 saturated heterocycles. The number of rotatable bonds is 8. The molecular weight excluding hydrogens is 452 g/mol. The van der Waals surface area contributed by atoms with E-state index in [9.17, 15) is 0 Å². The minimum Gasteiger partial charge on any atom is -0.480 e. The average Bonchev–Trinajstić information content (AvgIpc) is 3.48. The molecule has 3 aromatic heterocycles. The molecule has 0 spiro atoms. The Labute approximate surface area is 183 Å². The minimum absolute atomic E-state index is 0.0422. The zero-order chi connectivity index (χ0) is 23.1. The lowest BCUT2D eigenvalue weighted by Gasteiger charge is -2.15. The lowest BCUT2D eigenvalue weighted by atomic mass is 10.1. The van der Waals surface area contributed by atoms with Gasteiger partial charge in [0.05, 0.1) is 23.0 Å². The van der Waals surface area contributed by atoms with Crippen LogP contribution in [0.5, 0.6) is 5.88 Å². The molecule has 3 aromatic rings. The Morgan fingerprint density at radius 2 is 2.10 bits per heavy atom. The van der Waals surface area contributed by atoms with Crippen LogP contribution in [0.15, 0.2) is 17.1 Å². The number of nitrogens with zero attached hydrogens (tertiary/aromatic N) is 6. The van der Waals surface area contributed by atoms with Crippen LogP contribution < -0.4 is 4.74 Å². The highest BCUT2D eigenvalue weighted by atomic mass is 79.9. The molecule has 0 unspecified atom stereocenters. The largest absolute Gasteiger partial charge is 0.480 e. The first-order valence-corrected chi connectivity index (χ1v) is 14.0. The van der Waals surface area contributed by atoms with E-state index in [2.05, 4.69) is 60.6 Å². The summed E-state index contributed by atoms with van der Waals surface area (Å²) in [5.74, 6) is 0.482. The molecule has 29 heavy (non-hydrogen) atoms. The predicted molar refractivity (Wildman–Crippen MR) is 117 cm³/mol. The van der Waals surface area contributed by atoms with Crippen molar-refractivity contribution in [3.8, 4) is 17.3 Å². The maximum Gasteiger partial charge on any atom is 0.227 e. The van der Waals surface area contributed by atoms with Crippen molar-refractivity contribution in [2.45, 2.75) is 51.2 Å². The van der Waals surface area contributed by atoms with Gasteiger partial charge in [0.15, 0.2) is 5.82 Å². The summed E-state index contributed by atoms with van der Waals surface area (Å²) < 4.78 is 35.8. The van der Waals surface area contributed by atoms with E-state index in [1.54, 1.807) is 10.9 Å².